The molecule has 0 radical (unpaired) electrons. The third-order valence-electron chi connectivity index (χ3n) is 4.26. The lowest BCUT2D eigenvalue weighted by molar-refractivity contribution is -0.150. The lowest BCUT2D eigenvalue weighted by atomic mass is 9.82. The van der Waals surface area contributed by atoms with E-state index in [1.807, 2.05) is 0 Å². The molecule has 0 saturated carbocycles. The third-order valence-corrected chi connectivity index (χ3v) is 4.26. The zero-order valence-electron chi connectivity index (χ0n) is 11.8. The molecular formula is C13H24F3N3O. The molecule has 7 heteroatoms. The van der Waals surface area contributed by atoms with Gasteiger partial charge in [0.15, 0.2) is 0 Å². The first kappa shape index (κ1) is 16.0. The Morgan fingerprint density at radius 2 is 1.75 bits per heavy atom. The molecule has 1 atom stereocenters. The summed E-state index contributed by atoms with van der Waals surface area (Å²) in [6.07, 6.45) is -2.03. The molecule has 20 heavy (non-hydrogen) atoms. The number of nitrogens with two attached hydrogens (primary N) is 1. The molecule has 0 amide bonds. The standard InChI is InChI=1S/C13H24F3N3O/c14-13(15,16)10-19-5-3-18(4-6-19)9-12(8-17)2-1-7-20-11-12/h1-11,17H2. The average molecular weight is 295 g/mol. The minimum absolute atomic E-state index is 0.00948. The number of hydrogen-bond acceptors (Lipinski definition) is 4. The fourth-order valence-electron chi connectivity index (χ4n) is 3.09. The largest absolute Gasteiger partial charge is 0.401 e. The predicted molar refractivity (Wildman–Crippen MR) is 70.5 cm³/mol. The van der Waals surface area contributed by atoms with Crippen molar-refractivity contribution in [2.45, 2.75) is 19.0 Å². The number of ether oxygens (including phenoxy) is 1. The molecule has 2 N–H and O–H groups in total. The topological polar surface area (TPSA) is 41.7 Å². The van der Waals surface area contributed by atoms with Crippen LogP contribution in [-0.4, -0.2) is 75.0 Å². The zero-order chi connectivity index (χ0) is 14.6. The van der Waals surface area contributed by atoms with Crippen molar-refractivity contribution >= 4 is 0 Å². The summed E-state index contributed by atoms with van der Waals surface area (Å²) < 4.78 is 42.6. The van der Waals surface area contributed by atoms with Gasteiger partial charge in [0, 0.05) is 51.3 Å². The average Bonchev–Trinajstić information content (AvgIpc) is 2.40. The van der Waals surface area contributed by atoms with Gasteiger partial charge in [-0.15, -0.1) is 0 Å². The van der Waals surface area contributed by atoms with Gasteiger partial charge in [0.2, 0.25) is 0 Å². The van der Waals surface area contributed by atoms with Gasteiger partial charge in [-0.25, -0.2) is 0 Å². The number of alkyl halides is 3. The van der Waals surface area contributed by atoms with Gasteiger partial charge < -0.3 is 15.4 Å². The summed E-state index contributed by atoms with van der Waals surface area (Å²) in [7, 11) is 0. The number of nitrogens with zero attached hydrogens (tertiary/aromatic N) is 2. The summed E-state index contributed by atoms with van der Waals surface area (Å²) in [4.78, 5) is 3.71. The van der Waals surface area contributed by atoms with Crippen molar-refractivity contribution in [1.82, 2.24) is 9.80 Å². The minimum atomic E-state index is -4.10. The van der Waals surface area contributed by atoms with Crippen LogP contribution in [-0.2, 0) is 4.74 Å². The molecule has 1 unspecified atom stereocenters. The van der Waals surface area contributed by atoms with Crippen LogP contribution in [0.1, 0.15) is 12.8 Å². The van der Waals surface area contributed by atoms with Gasteiger partial charge >= 0.3 is 6.18 Å². The molecule has 0 spiro atoms. The summed E-state index contributed by atoms with van der Waals surface area (Å²) in [5.74, 6) is 0. The van der Waals surface area contributed by atoms with Crippen LogP contribution in [0.15, 0.2) is 0 Å². The van der Waals surface area contributed by atoms with E-state index in [-0.39, 0.29) is 5.41 Å². The minimum Gasteiger partial charge on any atom is -0.381 e. The van der Waals surface area contributed by atoms with Crippen LogP contribution in [0.2, 0.25) is 0 Å². The molecule has 4 nitrogen and oxygen atoms in total. The molecule has 2 aliphatic heterocycles. The Morgan fingerprint density at radius 1 is 1.10 bits per heavy atom. The van der Waals surface area contributed by atoms with Crippen LogP contribution in [0.4, 0.5) is 13.2 Å². The van der Waals surface area contributed by atoms with Crippen LogP contribution in [0.25, 0.3) is 0 Å². The molecule has 0 aliphatic carbocycles. The van der Waals surface area contributed by atoms with Crippen molar-refractivity contribution in [2.24, 2.45) is 11.1 Å². The van der Waals surface area contributed by atoms with E-state index in [0.29, 0.717) is 39.3 Å². The molecule has 2 heterocycles. The van der Waals surface area contributed by atoms with Gasteiger partial charge in [-0.1, -0.05) is 0 Å². The Morgan fingerprint density at radius 3 is 2.25 bits per heavy atom. The Kier molecular flexibility index (Phi) is 5.28. The second-order valence-corrected chi connectivity index (χ2v) is 6.03. The van der Waals surface area contributed by atoms with Crippen LogP contribution in [0.5, 0.6) is 0 Å². The van der Waals surface area contributed by atoms with E-state index in [0.717, 1.165) is 26.0 Å². The molecule has 2 fully saturated rings. The quantitative estimate of drug-likeness (QED) is 0.837. The highest BCUT2D eigenvalue weighted by atomic mass is 19.4. The summed E-state index contributed by atoms with van der Waals surface area (Å²) >= 11 is 0. The lowest BCUT2D eigenvalue weighted by Crippen LogP contribution is -2.54. The maximum atomic E-state index is 12.3. The Balaban J connectivity index is 1.78. The van der Waals surface area contributed by atoms with Gasteiger partial charge in [-0.2, -0.15) is 13.2 Å². The maximum Gasteiger partial charge on any atom is 0.401 e. The monoisotopic (exact) mass is 295 g/mol. The Bertz CT molecular complexity index is 298. The van der Waals surface area contributed by atoms with E-state index in [2.05, 4.69) is 4.90 Å². The maximum absolute atomic E-state index is 12.3. The highest BCUT2D eigenvalue weighted by molar-refractivity contribution is 4.87. The van der Waals surface area contributed by atoms with Crippen LogP contribution >= 0.6 is 0 Å². The SMILES string of the molecule is NCC1(CN2CCN(CC(F)(F)F)CC2)CCCOC1. The fraction of sp³-hybridized carbons (Fsp3) is 1.00. The van der Waals surface area contributed by atoms with E-state index < -0.39 is 12.7 Å². The van der Waals surface area contributed by atoms with Crippen LogP contribution in [0, 0.1) is 5.41 Å². The lowest BCUT2D eigenvalue weighted by Gasteiger charge is -2.43. The predicted octanol–water partition coefficient (Wildman–Crippen LogP) is 0.922. The van der Waals surface area contributed by atoms with Crippen molar-refractivity contribution in [3.8, 4) is 0 Å². The normalized spacial score (nSPS) is 30.6. The molecule has 0 aromatic heterocycles. The smallest absolute Gasteiger partial charge is 0.381 e. The molecule has 2 aliphatic rings. The molecule has 0 bridgehead atoms. The number of piperazine rings is 1. The van der Waals surface area contributed by atoms with Gasteiger partial charge in [0.05, 0.1) is 13.2 Å². The van der Waals surface area contributed by atoms with E-state index in [9.17, 15) is 13.2 Å². The Labute approximate surface area is 118 Å². The van der Waals surface area contributed by atoms with Crippen LogP contribution in [0.3, 0.4) is 0 Å². The van der Waals surface area contributed by atoms with E-state index in [4.69, 9.17) is 10.5 Å². The van der Waals surface area contributed by atoms with Gasteiger partial charge in [-0.3, -0.25) is 4.90 Å². The third kappa shape index (κ3) is 4.58. The first-order valence-electron chi connectivity index (χ1n) is 7.22. The number of hydrogen-bond donors (Lipinski definition) is 1. The van der Waals surface area contributed by atoms with E-state index >= 15 is 0 Å². The van der Waals surface area contributed by atoms with Crippen LogP contribution < -0.4 is 5.73 Å². The summed E-state index contributed by atoms with van der Waals surface area (Å²) in [5.41, 5.74) is 5.89. The summed E-state index contributed by atoms with van der Waals surface area (Å²) in [6.45, 7) is 4.39. The summed E-state index contributed by atoms with van der Waals surface area (Å²) in [5, 5.41) is 0. The molecule has 0 aromatic rings. The second kappa shape index (κ2) is 6.60. The van der Waals surface area contributed by atoms with Crippen molar-refractivity contribution in [2.75, 3.05) is 59.0 Å². The zero-order valence-corrected chi connectivity index (χ0v) is 11.8. The molecular weight excluding hydrogens is 271 g/mol. The van der Waals surface area contributed by atoms with E-state index in [1.165, 1.54) is 4.90 Å². The molecule has 2 saturated heterocycles. The molecule has 118 valence electrons. The number of halogens is 3. The highest BCUT2D eigenvalue weighted by Gasteiger charge is 2.36. The van der Waals surface area contributed by atoms with Gasteiger partial charge in [-0.05, 0) is 12.8 Å². The van der Waals surface area contributed by atoms with Crippen molar-refractivity contribution in [3.63, 3.8) is 0 Å². The molecule has 2 rings (SSSR count). The first-order valence-corrected chi connectivity index (χ1v) is 7.22. The Hall–Kier alpha value is -0.370. The van der Waals surface area contributed by atoms with Gasteiger partial charge in [0.1, 0.15) is 0 Å². The fourth-order valence-corrected chi connectivity index (χ4v) is 3.09. The van der Waals surface area contributed by atoms with Gasteiger partial charge in [0.25, 0.3) is 0 Å². The van der Waals surface area contributed by atoms with Crippen molar-refractivity contribution in [3.05, 3.63) is 0 Å². The highest BCUT2D eigenvalue weighted by Crippen LogP contribution is 2.29. The van der Waals surface area contributed by atoms with Crippen molar-refractivity contribution < 1.29 is 17.9 Å². The number of rotatable bonds is 4. The summed E-state index contributed by atoms with van der Waals surface area (Å²) in [6, 6.07) is 0. The first-order chi connectivity index (χ1) is 9.42. The van der Waals surface area contributed by atoms with E-state index in [1.54, 1.807) is 0 Å². The molecule has 0 aromatic carbocycles. The van der Waals surface area contributed by atoms with Crippen molar-refractivity contribution in [1.29, 1.82) is 0 Å². The second-order valence-electron chi connectivity index (χ2n) is 6.03.